The van der Waals surface area contributed by atoms with Gasteiger partial charge in [-0.1, -0.05) is 5.57 Å². The molecule has 1 aromatic carbocycles. The normalized spacial score (nSPS) is 18.5. The summed E-state index contributed by atoms with van der Waals surface area (Å²) in [5.41, 5.74) is 2.20. The lowest BCUT2D eigenvalue weighted by atomic mass is 10.1. The van der Waals surface area contributed by atoms with Crippen LogP contribution in [0.2, 0.25) is 0 Å². The van der Waals surface area contributed by atoms with E-state index in [9.17, 15) is 14.0 Å². The Morgan fingerprint density at radius 1 is 1.22 bits per heavy atom. The molecule has 146 valence electrons. The van der Waals surface area contributed by atoms with Crippen molar-refractivity contribution in [2.75, 3.05) is 39.3 Å². The summed E-state index contributed by atoms with van der Waals surface area (Å²) >= 11 is 0. The van der Waals surface area contributed by atoms with Crippen LogP contribution in [0.1, 0.15) is 35.7 Å². The van der Waals surface area contributed by atoms with Crippen molar-refractivity contribution in [1.82, 2.24) is 15.1 Å². The van der Waals surface area contributed by atoms with E-state index >= 15 is 0 Å². The molecule has 1 saturated carbocycles. The SMILES string of the molecule is C/C(=C\C(=O)NCCN1CCN(C(=O)c2ccc(F)c(C)c2)CC1)C1CC1. The maximum atomic E-state index is 13.4. The van der Waals surface area contributed by atoms with E-state index in [0.29, 0.717) is 36.7 Å². The van der Waals surface area contributed by atoms with Gasteiger partial charge in [0.2, 0.25) is 5.91 Å². The van der Waals surface area contributed by atoms with Crippen molar-refractivity contribution in [2.24, 2.45) is 5.92 Å². The molecule has 0 bridgehead atoms. The van der Waals surface area contributed by atoms with Crippen molar-refractivity contribution in [3.05, 3.63) is 46.8 Å². The van der Waals surface area contributed by atoms with Crippen molar-refractivity contribution in [3.8, 4) is 0 Å². The van der Waals surface area contributed by atoms with Gasteiger partial charge >= 0.3 is 0 Å². The minimum atomic E-state index is -0.291. The lowest BCUT2D eigenvalue weighted by molar-refractivity contribution is -0.116. The molecule has 0 spiro atoms. The van der Waals surface area contributed by atoms with Gasteiger partial charge in [-0.05, 0) is 56.4 Å². The molecule has 1 aliphatic carbocycles. The smallest absolute Gasteiger partial charge is 0.253 e. The summed E-state index contributed by atoms with van der Waals surface area (Å²) in [6.07, 6.45) is 4.13. The second kappa shape index (κ2) is 8.65. The first kappa shape index (κ1) is 19.5. The molecule has 0 aromatic heterocycles. The second-order valence-electron chi connectivity index (χ2n) is 7.55. The molecule has 5 nitrogen and oxygen atoms in total. The number of rotatable bonds is 6. The van der Waals surface area contributed by atoms with Crippen LogP contribution >= 0.6 is 0 Å². The molecule has 1 N–H and O–H groups in total. The Labute approximate surface area is 160 Å². The topological polar surface area (TPSA) is 52.7 Å². The standard InChI is InChI=1S/C21H28FN3O2/c1-15(17-3-4-17)14-20(26)23-7-8-24-9-11-25(12-10-24)21(27)18-5-6-19(22)16(2)13-18/h5-6,13-14,17H,3-4,7-12H2,1-2H3,(H,23,26)/b15-14+. The molecular weight excluding hydrogens is 345 g/mol. The molecule has 0 unspecified atom stereocenters. The molecule has 1 saturated heterocycles. The average molecular weight is 373 g/mol. The Bertz CT molecular complexity index is 735. The van der Waals surface area contributed by atoms with Gasteiger partial charge in [0.05, 0.1) is 0 Å². The number of carbonyl (C=O) groups is 2. The molecule has 3 rings (SSSR count). The maximum Gasteiger partial charge on any atom is 0.253 e. The third-order valence-electron chi connectivity index (χ3n) is 5.37. The van der Waals surface area contributed by atoms with Gasteiger partial charge in [0.1, 0.15) is 5.82 Å². The first-order valence-corrected chi connectivity index (χ1v) is 9.68. The quantitative estimate of drug-likeness (QED) is 0.779. The fourth-order valence-electron chi connectivity index (χ4n) is 3.39. The highest BCUT2D eigenvalue weighted by atomic mass is 19.1. The molecule has 0 atom stereocenters. The number of amides is 2. The van der Waals surface area contributed by atoms with Gasteiger partial charge in [0.15, 0.2) is 0 Å². The number of aryl methyl sites for hydroxylation is 1. The Morgan fingerprint density at radius 2 is 1.93 bits per heavy atom. The fourth-order valence-corrected chi connectivity index (χ4v) is 3.39. The third-order valence-corrected chi connectivity index (χ3v) is 5.37. The van der Waals surface area contributed by atoms with Gasteiger partial charge in [-0.3, -0.25) is 14.5 Å². The minimum Gasteiger partial charge on any atom is -0.351 e. The van der Waals surface area contributed by atoms with E-state index < -0.39 is 0 Å². The number of carbonyl (C=O) groups excluding carboxylic acids is 2. The van der Waals surface area contributed by atoms with Gasteiger partial charge in [0, 0.05) is 50.9 Å². The van der Waals surface area contributed by atoms with Crippen LogP contribution in [0.4, 0.5) is 4.39 Å². The van der Waals surface area contributed by atoms with Crippen molar-refractivity contribution < 1.29 is 14.0 Å². The number of hydrogen-bond donors (Lipinski definition) is 1. The van der Waals surface area contributed by atoms with Gasteiger partial charge in [0.25, 0.3) is 5.91 Å². The van der Waals surface area contributed by atoms with Gasteiger partial charge in [-0.15, -0.1) is 0 Å². The van der Waals surface area contributed by atoms with Crippen LogP contribution in [0, 0.1) is 18.7 Å². The Balaban J connectivity index is 1.39. The third kappa shape index (κ3) is 5.39. The molecule has 1 aromatic rings. The summed E-state index contributed by atoms with van der Waals surface area (Å²) in [5.74, 6) is 0.262. The number of nitrogens with one attached hydrogen (secondary N) is 1. The monoisotopic (exact) mass is 373 g/mol. The average Bonchev–Trinajstić information content (AvgIpc) is 3.49. The molecule has 1 heterocycles. The van der Waals surface area contributed by atoms with Crippen LogP contribution in [0.5, 0.6) is 0 Å². The predicted octanol–water partition coefficient (Wildman–Crippen LogP) is 2.36. The zero-order valence-corrected chi connectivity index (χ0v) is 16.1. The molecule has 2 fully saturated rings. The molecule has 2 amide bonds. The zero-order valence-electron chi connectivity index (χ0n) is 16.1. The molecule has 2 aliphatic rings. The highest BCUT2D eigenvalue weighted by Crippen LogP contribution is 2.35. The van der Waals surface area contributed by atoms with Crippen molar-refractivity contribution >= 4 is 11.8 Å². The summed E-state index contributed by atoms with van der Waals surface area (Å²) in [4.78, 5) is 28.5. The van der Waals surface area contributed by atoms with E-state index in [4.69, 9.17) is 0 Å². The van der Waals surface area contributed by atoms with Crippen LogP contribution in [-0.4, -0.2) is 60.9 Å². The number of piperazine rings is 1. The molecule has 6 heteroatoms. The van der Waals surface area contributed by atoms with E-state index in [1.807, 2.05) is 11.8 Å². The van der Waals surface area contributed by atoms with Gasteiger partial charge in [-0.2, -0.15) is 0 Å². The summed E-state index contributed by atoms with van der Waals surface area (Å²) in [6.45, 7) is 7.92. The maximum absolute atomic E-state index is 13.4. The van der Waals surface area contributed by atoms with Crippen LogP contribution in [-0.2, 0) is 4.79 Å². The van der Waals surface area contributed by atoms with E-state index in [1.54, 1.807) is 25.1 Å². The molecule has 27 heavy (non-hydrogen) atoms. The van der Waals surface area contributed by atoms with E-state index in [1.165, 1.54) is 24.5 Å². The highest BCUT2D eigenvalue weighted by molar-refractivity contribution is 5.94. The predicted molar refractivity (Wildman–Crippen MR) is 103 cm³/mol. The summed E-state index contributed by atoms with van der Waals surface area (Å²) in [7, 11) is 0. The van der Waals surface area contributed by atoms with E-state index in [0.717, 1.165) is 19.6 Å². The number of halogens is 1. The highest BCUT2D eigenvalue weighted by Gasteiger charge is 2.24. The van der Waals surface area contributed by atoms with E-state index in [2.05, 4.69) is 10.2 Å². The summed E-state index contributed by atoms with van der Waals surface area (Å²) in [5, 5.41) is 2.94. The molecular formula is C21H28FN3O2. The number of allylic oxidation sites excluding steroid dienone is 1. The summed E-state index contributed by atoms with van der Waals surface area (Å²) in [6, 6.07) is 4.50. The van der Waals surface area contributed by atoms with Crippen molar-refractivity contribution in [2.45, 2.75) is 26.7 Å². The number of hydrogen-bond acceptors (Lipinski definition) is 3. The first-order valence-electron chi connectivity index (χ1n) is 9.68. The van der Waals surface area contributed by atoms with Crippen molar-refractivity contribution in [1.29, 1.82) is 0 Å². The van der Waals surface area contributed by atoms with Crippen LogP contribution in [0.15, 0.2) is 29.8 Å². The zero-order chi connectivity index (χ0) is 19.4. The van der Waals surface area contributed by atoms with Gasteiger partial charge in [-0.25, -0.2) is 4.39 Å². The largest absolute Gasteiger partial charge is 0.351 e. The van der Waals surface area contributed by atoms with Crippen LogP contribution in [0.25, 0.3) is 0 Å². The summed E-state index contributed by atoms with van der Waals surface area (Å²) < 4.78 is 13.4. The Hall–Kier alpha value is -2.21. The minimum absolute atomic E-state index is 0.0140. The fraction of sp³-hybridized carbons (Fsp3) is 0.524. The molecule has 0 radical (unpaired) electrons. The van der Waals surface area contributed by atoms with Crippen LogP contribution in [0.3, 0.4) is 0 Å². The van der Waals surface area contributed by atoms with E-state index in [-0.39, 0.29) is 17.6 Å². The lowest BCUT2D eigenvalue weighted by Crippen LogP contribution is -2.50. The van der Waals surface area contributed by atoms with Crippen LogP contribution < -0.4 is 5.32 Å². The Morgan fingerprint density at radius 3 is 2.56 bits per heavy atom. The number of benzene rings is 1. The number of nitrogens with zero attached hydrogens (tertiary/aromatic N) is 2. The molecule has 1 aliphatic heterocycles. The van der Waals surface area contributed by atoms with Gasteiger partial charge < -0.3 is 10.2 Å². The Kier molecular flexibility index (Phi) is 6.26. The van der Waals surface area contributed by atoms with Crippen molar-refractivity contribution in [3.63, 3.8) is 0 Å². The first-order chi connectivity index (χ1) is 12.9. The second-order valence-corrected chi connectivity index (χ2v) is 7.55. The lowest BCUT2D eigenvalue weighted by Gasteiger charge is -2.34.